The number of aliphatic imine (C=N–C) groups is 1. The largest absolute Gasteiger partial charge is 0.395 e. The quantitative estimate of drug-likeness (QED) is 0.657. The van der Waals surface area contributed by atoms with Crippen LogP contribution in [-0.2, 0) is 0 Å². The maximum atomic E-state index is 8.73. The third-order valence-electron chi connectivity index (χ3n) is 2.52. The van der Waals surface area contributed by atoms with Crippen LogP contribution in [0.15, 0.2) is 59.6 Å². The molecule has 2 aromatic carbocycles. The van der Waals surface area contributed by atoms with Crippen molar-refractivity contribution in [3.8, 4) is 11.8 Å². The van der Waals surface area contributed by atoms with Crippen LogP contribution >= 0.6 is 0 Å². The van der Waals surface area contributed by atoms with Gasteiger partial charge in [-0.3, -0.25) is 4.99 Å². The van der Waals surface area contributed by atoms with Crippen LogP contribution in [0.25, 0.3) is 0 Å². The lowest BCUT2D eigenvalue weighted by Crippen LogP contribution is -1.81. The number of para-hydroxylation sites is 1. The highest BCUT2D eigenvalue weighted by molar-refractivity contribution is 5.82. The van der Waals surface area contributed by atoms with Crippen LogP contribution in [0.1, 0.15) is 17.5 Å². The van der Waals surface area contributed by atoms with E-state index in [0.717, 1.165) is 16.8 Å². The van der Waals surface area contributed by atoms with Crippen LogP contribution in [0.2, 0.25) is 0 Å². The fraction of sp³-hybridized carbons (Fsp3) is 0.118. The average Bonchev–Trinajstić information content (AvgIpc) is 2.48. The maximum Gasteiger partial charge on any atom is 0.0786 e. The van der Waals surface area contributed by atoms with Crippen molar-refractivity contribution in [1.82, 2.24) is 0 Å². The molecule has 2 rings (SSSR count). The Hall–Kier alpha value is -2.37. The Balaban J connectivity index is 2.21. The second-order valence-electron chi connectivity index (χ2n) is 3.96. The summed E-state index contributed by atoms with van der Waals surface area (Å²) in [7, 11) is 0. The normalized spacial score (nSPS) is 10.2. The van der Waals surface area contributed by atoms with E-state index in [1.165, 1.54) is 0 Å². The molecule has 0 aliphatic carbocycles. The summed E-state index contributed by atoms with van der Waals surface area (Å²) < 4.78 is 0. The van der Waals surface area contributed by atoms with E-state index in [4.69, 9.17) is 5.11 Å². The van der Waals surface area contributed by atoms with Gasteiger partial charge in [0.05, 0.1) is 17.9 Å². The smallest absolute Gasteiger partial charge is 0.0786 e. The molecule has 0 aromatic heterocycles. The highest BCUT2D eigenvalue weighted by Gasteiger charge is 1.95. The third-order valence-corrected chi connectivity index (χ3v) is 2.52. The maximum absolute atomic E-state index is 8.73. The van der Waals surface area contributed by atoms with E-state index in [1.54, 1.807) is 0 Å². The molecular formula is C17H15NO. The van der Waals surface area contributed by atoms with E-state index >= 15 is 0 Å². The zero-order chi connectivity index (χ0) is 13.3. The topological polar surface area (TPSA) is 32.6 Å². The van der Waals surface area contributed by atoms with Gasteiger partial charge in [-0.05, 0) is 17.7 Å². The second-order valence-corrected chi connectivity index (χ2v) is 3.96. The van der Waals surface area contributed by atoms with Crippen molar-refractivity contribution in [2.45, 2.75) is 6.42 Å². The van der Waals surface area contributed by atoms with E-state index in [1.807, 2.05) is 60.8 Å². The number of benzene rings is 2. The van der Waals surface area contributed by atoms with Gasteiger partial charge in [-0.2, -0.15) is 0 Å². The summed E-state index contributed by atoms with van der Waals surface area (Å²) in [5.41, 5.74) is 2.78. The number of aliphatic hydroxyl groups is 1. The Labute approximate surface area is 113 Å². The van der Waals surface area contributed by atoms with Gasteiger partial charge in [-0.15, -0.1) is 0 Å². The van der Waals surface area contributed by atoms with Gasteiger partial charge in [0.2, 0.25) is 0 Å². The Morgan fingerprint density at radius 1 is 1.00 bits per heavy atom. The van der Waals surface area contributed by atoms with Gasteiger partial charge in [-0.25, -0.2) is 0 Å². The van der Waals surface area contributed by atoms with Gasteiger partial charge in [0.25, 0.3) is 0 Å². The molecule has 2 heteroatoms. The number of aliphatic hydroxyl groups excluding tert-OH is 1. The van der Waals surface area contributed by atoms with Gasteiger partial charge in [-0.1, -0.05) is 54.3 Å². The van der Waals surface area contributed by atoms with Gasteiger partial charge in [0, 0.05) is 12.6 Å². The van der Waals surface area contributed by atoms with Crippen molar-refractivity contribution in [3.05, 3.63) is 65.7 Å². The van der Waals surface area contributed by atoms with Crippen molar-refractivity contribution >= 4 is 11.9 Å². The molecule has 0 aliphatic heterocycles. The van der Waals surface area contributed by atoms with Crippen LogP contribution in [0.4, 0.5) is 5.69 Å². The number of nitrogens with zero attached hydrogens (tertiary/aromatic N) is 1. The predicted molar refractivity (Wildman–Crippen MR) is 78.7 cm³/mol. The lowest BCUT2D eigenvalue weighted by molar-refractivity contribution is 0.305. The molecule has 0 amide bonds. The van der Waals surface area contributed by atoms with E-state index in [2.05, 4.69) is 16.8 Å². The first-order valence-corrected chi connectivity index (χ1v) is 6.18. The molecule has 0 atom stereocenters. The molecule has 94 valence electrons. The molecule has 0 heterocycles. The summed E-state index contributed by atoms with van der Waals surface area (Å²) in [6.45, 7) is 0.0858. The van der Waals surface area contributed by atoms with Crippen LogP contribution in [0.5, 0.6) is 0 Å². The van der Waals surface area contributed by atoms with Crippen LogP contribution in [0, 0.1) is 11.8 Å². The van der Waals surface area contributed by atoms with E-state index in [9.17, 15) is 0 Å². The number of rotatable bonds is 3. The molecule has 0 unspecified atom stereocenters. The molecule has 2 aromatic rings. The average molecular weight is 249 g/mol. The fourth-order valence-electron chi connectivity index (χ4n) is 1.59. The fourth-order valence-corrected chi connectivity index (χ4v) is 1.59. The first-order valence-electron chi connectivity index (χ1n) is 6.18. The van der Waals surface area contributed by atoms with E-state index in [0.29, 0.717) is 6.42 Å². The van der Waals surface area contributed by atoms with Gasteiger partial charge < -0.3 is 5.11 Å². The Bertz CT molecular complexity index is 606. The highest BCUT2D eigenvalue weighted by atomic mass is 16.2. The minimum atomic E-state index is 0.0858. The molecule has 0 spiro atoms. The lowest BCUT2D eigenvalue weighted by atomic mass is 10.2. The monoisotopic (exact) mass is 249 g/mol. The van der Waals surface area contributed by atoms with Crippen molar-refractivity contribution < 1.29 is 5.11 Å². The Morgan fingerprint density at radius 3 is 2.53 bits per heavy atom. The minimum absolute atomic E-state index is 0.0858. The van der Waals surface area contributed by atoms with Gasteiger partial charge in [0.15, 0.2) is 0 Å². The molecule has 1 N–H and O–H groups in total. The van der Waals surface area contributed by atoms with Crippen molar-refractivity contribution in [3.63, 3.8) is 0 Å². The SMILES string of the molecule is OCCC#Cc1ccccc1N=Cc1ccccc1. The predicted octanol–water partition coefficient (Wildman–Crippen LogP) is 3.17. The summed E-state index contributed by atoms with van der Waals surface area (Å²) in [6, 6.07) is 17.7. The molecule has 0 fully saturated rings. The first kappa shape index (κ1) is 13.1. The molecule has 0 saturated heterocycles. The molecular weight excluding hydrogens is 234 g/mol. The summed E-state index contributed by atoms with van der Waals surface area (Å²) >= 11 is 0. The van der Waals surface area contributed by atoms with E-state index in [-0.39, 0.29) is 6.61 Å². The number of hydrogen-bond acceptors (Lipinski definition) is 2. The standard InChI is InChI=1S/C17H15NO/c19-13-7-6-11-16-10-4-5-12-17(16)18-14-15-8-2-1-3-9-15/h1-5,8-10,12,14,19H,7,13H2. The molecule has 2 nitrogen and oxygen atoms in total. The second kappa shape index (κ2) is 7.15. The highest BCUT2D eigenvalue weighted by Crippen LogP contribution is 2.17. The minimum Gasteiger partial charge on any atom is -0.395 e. The van der Waals surface area contributed by atoms with Crippen molar-refractivity contribution in [1.29, 1.82) is 0 Å². The molecule has 0 bridgehead atoms. The molecule has 19 heavy (non-hydrogen) atoms. The van der Waals surface area contributed by atoms with Gasteiger partial charge in [0.1, 0.15) is 0 Å². The summed E-state index contributed by atoms with van der Waals surface area (Å²) in [4.78, 5) is 4.47. The zero-order valence-electron chi connectivity index (χ0n) is 10.6. The summed E-state index contributed by atoms with van der Waals surface area (Å²) in [6.07, 6.45) is 2.31. The number of hydrogen-bond donors (Lipinski definition) is 1. The molecule has 0 saturated carbocycles. The zero-order valence-corrected chi connectivity index (χ0v) is 10.6. The van der Waals surface area contributed by atoms with Crippen LogP contribution < -0.4 is 0 Å². The molecule has 0 aliphatic rings. The Morgan fingerprint density at radius 2 is 1.74 bits per heavy atom. The summed E-state index contributed by atoms with van der Waals surface area (Å²) in [5.74, 6) is 5.94. The van der Waals surface area contributed by atoms with Crippen LogP contribution in [-0.4, -0.2) is 17.9 Å². The molecule has 0 radical (unpaired) electrons. The third kappa shape index (κ3) is 4.09. The van der Waals surface area contributed by atoms with E-state index < -0.39 is 0 Å². The summed E-state index contributed by atoms with van der Waals surface area (Å²) in [5, 5.41) is 8.73. The first-order chi connectivity index (χ1) is 9.40. The Kier molecular flexibility index (Phi) is 4.92. The van der Waals surface area contributed by atoms with Gasteiger partial charge >= 0.3 is 0 Å². The van der Waals surface area contributed by atoms with Crippen molar-refractivity contribution in [2.24, 2.45) is 4.99 Å². The lowest BCUT2D eigenvalue weighted by Gasteiger charge is -1.97. The van der Waals surface area contributed by atoms with Crippen molar-refractivity contribution in [2.75, 3.05) is 6.61 Å². The van der Waals surface area contributed by atoms with Crippen LogP contribution in [0.3, 0.4) is 0 Å².